The molecule has 1 aromatic carbocycles. The summed E-state index contributed by atoms with van der Waals surface area (Å²) in [6.07, 6.45) is -3.17. The second kappa shape index (κ2) is 9.26. The Balaban J connectivity index is 2.12. The van der Waals surface area contributed by atoms with Gasteiger partial charge < -0.3 is 14.2 Å². The number of thioether (sulfide) groups is 1. The molecular weight excluding hydrogens is 412 g/mol. The fourth-order valence-electron chi connectivity index (χ4n) is 2.05. The molecule has 2 rings (SSSR count). The third kappa shape index (κ3) is 6.70. The first kappa shape index (κ1) is 22.0. The molecule has 0 unspecified atom stereocenters. The van der Waals surface area contributed by atoms with Crippen LogP contribution in [0.2, 0.25) is 0 Å². The summed E-state index contributed by atoms with van der Waals surface area (Å²) in [6.45, 7) is -0.0932. The molecule has 1 heterocycles. The lowest BCUT2D eigenvalue weighted by Gasteiger charge is -2.15. The number of halogens is 6. The van der Waals surface area contributed by atoms with E-state index in [0.717, 1.165) is 12.1 Å². The molecule has 0 bridgehead atoms. The van der Waals surface area contributed by atoms with Crippen LogP contribution in [0.3, 0.4) is 0 Å². The molecule has 2 aromatic rings. The van der Waals surface area contributed by atoms with Gasteiger partial charge in [-0.25, -0.2) is 4.98 Å². The summed E-state index contributed by atoms with van der Waals surface area (Å²) in [5.74, 6) is -0.342. The van der Waals surface area contributed by atoms with E-state index in [0.29, 0.717) is 0 Å². The van der Waals surface area contributed by atoms with Crippen molar-refractivity contribution in [3.63, 3.8) is 0 Å². The maximum Gasteiger partial charge on any atom is 0.441 e. The first-order valence-corrected chi connectivity index (χ1v) is 8.80. The van der Waals surface area contributed by atoms with Gasteiger partial charge in [0.2, 0.25) is 5.75 Å². The summed E-state index contributed by atoms with van der Waals surface area (Å²) < 4.78 is 90.8. The van der Waals surface area contributed by atoms with Gasteiger partial charge >= 0.3 is 11.7 Å². The molecular formula is C17H15F6NO3S. The fourth-order valence-corrected chi connectivity index (χ4v) is 2.54. The van der Waals surface area contributed by atoms with Gasteiger partial charge in [0.1, 0.15) is 5.75 Å². The summed E-state index contributed by atoms with van der Waals surface area (Å²) in [5, 5.41) is 0. The van der Waals surface area contributed by atoms with Gasteiger partial charge in [-0.05, 0) is 24.6 Å². The lowest BCUT2D eigenvalue weighted by Crippen LogP contribution is -2.07. The average molecular weight is 427 g/mol. The molecule has 0 N–H and O–H groups in total. The zero-order valence-corrected chi connectivity index (χ0v) is 15.2. The summed E-state index contributed by atoms with van der Waals surface area (Å²) in [6, 6.07) is 5.60. The number of pyridine rings is 1. The zero-order valence-electron chi connectivity index (χ0n) is 14.4. The first-order chi connectivity index (χ1) is 13.1. The summed E-state index contributed by atoms with van der Waals surface area (Å²) in [5.41, 5.74) is -5.23. The van der Waals surface area contributed by atoms with Crippen LogP contribution in [0.15, 0.2) is 36.5 Å². The molecule has 0 saturated heterocycles. The highest BCUT2D eigenvalue weighted by Crippen LogP contribution is 2.39. The van der Waals surface area contributed by atoms with Crippen molar-refractivity contribution in [2.75, 3.05) is 19.5 Å². The Kier molecular flexibility index (Phi) is 7.28. The molecule has 0 aliphatic rings. The molecule has 0 aliphatic carbocycles. The Hall–Kier alpha value is -2.30. The maximum absolute atomic E-state index is 12.8. The van der Waals surface area contributed by atoms with Gasteiger partial charge in [-0.15, -0.1) is 0 Å². The van der Waals surface area contributed by atoms with Crippen LogP contribution in [-0.2, 0) is 6.18 Å². The van der Waals surface area contributed by atoms with E-state index < -0.39 is 17.2 Å². The number of alkyl halides is 6. The second-order valence-corrected chi connectivity index (χ2v) is 6.43. The number of nitrogens with zero attached hydrogens (tertiary/aromatic N) is 1. The summed E-state index contributed by atoms with van der Waals surface area (Å²) in [4.78, 5) is 3.92. The maximum atomic E-state index is 12.8. The number of benzene rings is 1. The van der Waals surface area contributed by atoms with E-state index in [1.54, 1.807) is 0 Å². The highest BCUT2D eigenvalue weighted by Gasteiger charge is 2.31. The molecule has 11 heteroatoms. The van der Waals surface area contributed by atoms with Crippen molar-refractivity contribution in [3.8, 4) is 23.1 Å². The topological polar surface area (TPSA) is 40.6 Å². The standard InChI is InChI=1S/C17H15F6NO3S/c1-25-13-6-7-24-15(14(13)26-8-3-9-28-17(21,22)23)27-12-5-2-4-11(10-12)16(18,19)20/h2,4-7,10H,3,8-9H2,1H3. The van der Waals surface area contributed by atoms with Gasteiger partial charge in [-0.3, -0.25) is 0 Å². The van der Waals surface area contributed by atoms with Gasteiger partial charge in [0.15, 0.2) is 5.75 Å². The molecule has 0 radical (unpaired) electrons. The van der Waals surface area contributed by atoms with Crippen LogP contribution >= 0.6 is 11.8 Å². The molecule has 154 valence electrons. The van der Waals surface area contributed by atoms with E-state index in [9.17, 15) is 26.3 Å². The molecule has 0 aliphatic heterocycles. The van der Waals surface area contributed by atoms with Crippen LogP contribution in [0, 0.1) is 0 Å². The van der Waals surface area contributed by atoms with Crippen molar-refractivity contribution in [1.29, 1.82) is 0 Å². The Morgan fingerprint density at radius 2 is 1.82 bits per heavy atom. The van der Waals surface area contributed by atoms with Crippen LogP contribution in [0.25, 0.3) is 0 Å². The number of hydrogen-bond acceptors (Lipinski definition) is 5. The number of methoxy groups -OCH3 is 1. The minimum absolute atomic E-state index is 0.0144. The van der Waals surface area contributed by atoms with E-state index in [1.165, 1.54) is 31.5 Å². The SMILES string of the molecule is COc1ccnc(Oc2cccc(C(F)(F)F)c2)c1OCCCSC(F)(F)F. The number of hydrogen-bond donors (Lipinski definition) is 0. The fraction of sp³-hybridized carbons (Fsp3) is 0.353. The zero-order chi connectivity index (χ0) is 20.8. The minimum Gasteiger partial charge on any atom is -0.493 e. The van der Waals surface area contributed by atoms with Crippen LogP contribution in [0.4, 0.5) is 26.3 Å². The molecule has 1 aromatic heterocycles. The normalized spacial score (nSPS) is 12.0. The molecule has 0 saturated carbocycles. The van der Waals surface area contributed by atoms with Crippen molar-refractivity contribution >= 4 is 11.8 Å². The monoisotopic (exact) mass is 427 g/mol. The van der Waals surface area contributed by atoms with E-state index in [4.69, 9.17) is 14.2 Å². The van der Waals surface area contributed by atoms with Crippen LogP contribution in [0.1, 0.15) is 12.0 Å². The lowest BCUT2D eigenvalue weighted by molar-refractivity contribution is -0.137. The summed E-state index contributed by atoms with van der Waals surface area (Å²) in [7, 11) is 1.33. The van der Waals surface area contributed by atoms with Crippen molar-refractivity contribution in [2.24, 2.45) is 0 Å². The largest absolute Gasteiger partial charge is 0.493 e. The first-order valence-electron chi connectivity index (χ1n) is 7.82. The third-order valence-electron chi connectivity index (χ3n) is 3.23. The quantitative estimate of drug-likeness (QED) is 0.386. The predicted molar refractivity (Wildman–Crippen MR) is 90.9 cm³/mol. The molecule has 4 nitrogen and oxygen atoms in total. The lowest BCUT2D eigenvalue weighted by atomic mass is 10.2. The Morgan fingerprint density at radius 1 is 1.07 bits per heavy atom. The van der Waals surface area contributed by atoms with E-state index >= 15 is 0 Å². The van der Waals surface area contributed by atoms with Gasteiger partial charge in [0.05, 0.1) is 19.3 Å². The molecule has 0 spiro atoms. The Morgan fingerprint density at radius 3 is 2.46 bits per heavy atom. The van der Waals surface area contributed by atoms with Gasteiger partial charge in [0.25, 0.3) is 5.88 Å². The molecule has 0 amide bonds. The number of aromatic nitrogens is 1. The summed E-state index contributed by atoms with van der Waals surface area (Å²) >= 11 is -0.175. The third-order valence-corrected chi connectivity index (χ3v) is 4.05. The number of rotatable bonds is 8. The number of ether oxygens (including phenoxy) is 3. The van der Waals surface area contributed by atoms with E-state index in [1.807, 2.05) is 0 Å². The van der Waals surface area contributed by atoms with Gasteiger partial charge in [-0.2, -0.15) is 26.3 Å². The van der Waals surface area contributed by atoms with E-state index in [-0.39, 0.29) is 53.7 Å². The van der Waals surface area contributed by atoms with E-state index in [2.05, 4.69) is 4.98 Å². The van der Waals surface area contributed by atoms with Crippen molar-refractivity contribution < 1.29 is 40.6 Å². The predicted octanol–water partition coefficient (Wildman–Crippen LogP) is 5.92. The Labute approximate surface area is 160 Å². The molecule has 0 atom stereocenters. The highest BCUT2D eigenvalue weighted by molar-refractivity contribution is 8.00. The van der Waals surface area contributed by atoms with Crippen molar-refractivity contribution in [2.45, 2.75) is 18.1 Å². The Bertz CT molecular complexity index is 782. The molecule has 28 heavy (non-hydrogen) atoms. The average Bonchev–Trinajstić information content (AvgIpc) is 2.61. The smallest absolute Gasteiger partial charge is 0.441 e. The molecule has 0 fully saturated rings. The minimum atomic E-state index is -4.54. The highest BCUT2D eigenvalue weighted by atomic mass is 32.2. The van der Waals surface area contributed by atoms with Crippen molar-refractivity contribution in [3.05, 3.63) is 42.1 Å². The van der Waals surface area contributed by atoms with Gasteiger partial charge in [-0.1, -0.05) is 17.8 Å². The van der Waals surface area contributed by atoms with Crippen molar-refractivity contribution in [1.82, 2.24) is 4.98 Å². The second-order valence-electron chi connectivity index (χ2n) is 5.27. The van der Waals surface area contributed by atoms with Crippen LogP contribution < -0.4 is 14.2 Å². The van der Waals surface area contributed by atoms with Crippen LogP contribution in [-0.4, -0.2) is 30.0 Å². The van der Waals surface area contributed by atoms with Gasteiger partial charge in [0, 0.05) is 18.0 Å². The van der Waals surface area contributed by atoms with Crippen LogP contribution in [0.5, 0.6) is 23.1 Å².